The molecule has 0 heterocycles. The maximum absolute atomic E-state index is 9.99. The van der Waals surface area contributed by atoms with E-state index in [4.69, 9.17) is 15.6 Å². The molecule has 0 bridgehead atoms. The second kappa shape index (κ2) is 3.17. The van der Waals surface area contributed by atoms with E-state index in [1.807, 2.05) is 0 Å². The molecule has 0 aromatic carbocycles. The van der Waals surface area contributed by atoms with Crippen LogP contribution in [-0.4, -0.2) is 22.5 Å². The Balaban J connectivity index is 3.26. The fourth-order valence-electron chi connectivity index (χ4n) is 0.210. The topological polar surface area (TPSA) is 95.6 Å². The summed E-state index contributed by atoms with van der Waals surface area (Å²) in [7, 11) is -3.82. The Kier molecular flexibility index (Phi) is 3.19. The molecule has 6 heteroatoms. The standard InChI is InChI=1S/C2H9N2O3P/c3-4-1-2-8(5,6)7/h4H,1-3H2,(H2,5,6,7). The summed E-state index contributed by atoms with van der Waals surface area (Å²) in [5.74, 6) is 4.74. The van der Waals surface area contributed by atoms with Crippen molar-refractivity contribution < 1.29 is 14.4 Å². The van der Waals surface area contributed by atoms with Gasteiger partial charge in [0.05, 0.1) is 6.16 Å². The first-order valence-electron chi connectivity index (χ1n) is 2.04. The van der Waals surface area contributed by atoms with Crippen LogP contribution in [0.3, 0.4) is 0 Å². The van der Waals surface area contributed by atoms with Gasteiger partial charge in [0, 0.05) is 6.54 Å². The fraction of sp³-hybridized carbons (Fsp3) is 1.00. The van der Waals surface area contributed by atoms with Gasteiger partial charge in [-0.25, -0.2) is 0 Å². The summed E-state index contributed by atoms with van der Waals surface area (Å²) in [5, 5.41) is 0. The molecular formula is C2H9N2O3P. The lowest BCUT2D eigenvalue weighted by Gasteiger charge is -2.00. The maximum Gasteiger partial charge on any atom is 0.326 e. The third-order valence-corrected chi connectivity index (χ3v) is 1.35. The SMILES string of the molecule is NNCCP(=O)(O)O. The molecule has 0 unspecified atom stereocenters. The molecule has 0 atom stereocenters. The van der Waals surface area contributed by atoms with Gasteiger partial charge in [-0.15, -0.1) is 0 Å². The van der Waals surface area contributed by atoms with Crippen LogP contribution in [-0.2, 0) is 4.57 Å². The average Bonchev–Trinajstić information content (AvgIpc) is 1.59. The lowest BCUT2D eigenvalue weighted by Crippen LogP contribution is -2.25. The van der Waals surface area contributed by atoms with E-state index in [0.29, 0.717) is 0 Å². The van der Waals surface area contributed by atoms with Crippen LogP contribution >= 0.6 is 7.60 Å². The molecule has 0 saturated heterocycles. The van der Waals surface area contributed by atoms with Gasteiger partial charge in [0.15, 0.2) is 0 Å². The molecule has 50 valence electrons. The molecular weight excluding hydrogens is 131 g/mol. The number of nitrogens with one attached hydrogen (secondary N) is 1. The molecule has 0 aliphatic heterocycles. The third-order valence-electron chi connectivity index (χ3n) is 0.547. The minimum absolute atomic E-state index is 0.143. The largest absolute Gasteiger partial charge is 0.326 e. The zero-order valence-corrected chi connectivity index (χ0v) is 5.14. The second-order valence-corrected chi connectivity index (χ2v) is 3.12. The predicted octanol–water partition coefficient (Wildman–Crippen LogP) is -1.37. The lowest BCUT2D eigenvalue weighted by molar-refractivity contribution is 0.372. The number of hydrazine groups is 1. The fourth-order valence-corrected chi connectivity index (χ4v) is 0.631. The minimum atomic E-state index is -3.82. The first kappa shape index (κ1) is 8.07. The Morgan fingerprint density at radius 1 is 1.62 bits per heavy atom. The first-order valence-corrected chi connectivity index (χ1v) is 3.84. The van der Waals surface area contributed by atoms with Crippen LogP contribution in [0.15, 0.2) is 0 Å². The molecule has 0 saturated carbocycles. The van der Waals surface area contributed by atoms with Gasteiger partial charge in [-0.3, -0.25) is 15.8 Å². The highest BCUT2D eigenvalue weighted by atomic mass is 31.2. The van der Waals surface area contributed by atoms with Crippen LogP contribution in [0.5, 0.6) is 0 Å². The van der Waals surface area contributed by atoms with E-state index in [1.165, 1.54) is 0 Å². The first-order chi connectivity index (χ1) is 3.56. The van der Waals surface area contributed by atoms with Gasteiger partial charge in [-0.1, -0.05) is 0 Å². The van der Waals surface area contributed by atoms with E-state index in [1.54, 1.807) is 0 Å². The molecule has 0 aromatic rings. The summed E-state index contributed by atoms with van der Waals surface area (Å²) in [6.07, 6.45) is -0.205. The lowest BCUT2D eigenvalue weighted by atomic mass is 10.8. The molecule has 0 amide bonds. The molecule has 0 rings (SSSR count). The zero-order valence-electron chi connectivity index (χ0n) is 4.24. The Bertz CT molecular complexity index is 99.5. The van der Waals surface area contributed by atoms with E-state index < -0.39 is 7.60 Å². The van der Waals surface area contributed by atoms with Gasteiger partial charge in [0.25, 0.3) is 0 Å². The summed E-state index contributed by atoms with van der Waals surface area (Å²) >= 11 is 0. The molecule has 0 fully saturated rings. The van der Waals surface area contributed by atoms with Crippen molar-refractivity contribution in [2.75, 3.05) is 12.7 Å². The third kappa shape index (κ3) is 6.07. The quantitative estimate of drug-likeness (QED) is 0.220. The van der Waals surface area contributed by atoms with Crippen molar-refractivity contribution in [3.63, 3.8) is 0 Å². The van der Waals surface area contributed by atoms with E-state index in [9.17, 15) is 4.57 Å². The molecule has 0 aromatic heterocycles. The predicted molar refractivity (Wildman–Crippen MR) is 29.1 cm³/mol. The van der Waals surface area contributed by atoms with Crippen molar-refractivity contribution in [3.8, 4) is 0 Å². The molecule has 0 aliphatic rings. The smallest absolute Gasteiger partial charge is 0.324 e. The molecule has 5 N–H and O–H groups in total. The van der Waals surface area contributed by atoms with Gasteiger partial charge in [0.1, 0.15) is 0 Å². The van der Waals surface area contributed by atoms with Crippen molar-refractivity contribution in [3.05, 3.63) is 0 Å². The molecule has 8 heavy (non-hydrogen) atoms. The van der Waals surface area contributed by atoms with Crippen molar-refractivity contribution >= 4 is 7.60 Å². The van der Waals surface area contributed by atoms with Crippen LogP contribution < -0.4 is 11.3 Å². The number of nitrogens with two attached hydrogens (primary N) is 1. The number of rotatable bonds is 3. The number of hydrogen-bond acceptors (Lipinski definition) is 3. The van der Waals surface area contributed by atoms with Crippen LogP contribution in [0.4, 0.5) is 0 Å². The number of hydrogen-bond donors (Lipinski definition) is 4. The summed E-state index contributed by atoms with van der Waals surface area (Å²) in [4.78, 5) is 16.3. The van der Waals surface area contributed by atoms with E-state index >= 15 is 0 Å². The molecule has 0 aliphatic carbocycles. The molecule has 0 radical (unpaired) electrons. The Morgan fingerprint density at radius 2 is 2.12 bits per heavy atom. The van der Waals surface area contributed by atoms with E-state index in [0.717, 1.165) is 0 Å². The van der Waals surface area contributed by atoms with Gasteiger partial charge in [-0.05, 0) is 0 Å². The minimum Gasteiger partial charge on any atom is -0.324 e. The Labute approximate surface area is 47.0 Å². The highest BCUT2D eigenvalue weighted by Gasteiger charge is 2.09. The van der Waals surface area contributed by atoms with Gasteiger partial charge in [0.2, 0.25) is 0 Å². The van der Waals surface area contributed by atoms with Crippen molar-refractivity contribution in [2.45, 2.75) is 0 Å². The van der Waals surface area contributed by atoms with Crippen LogP contribution in [0.25, 0.3) is 0 Å². The van der Waals surface area contributed by atoms with Gasteiger partial charge < -0.3 is 9.79 Å². The monoisotopic (exact) mass is 140 g/mol. The van der Waals surface area contributed by atoms with E-state index in [2.05, 4.69) is 5.43 Å². The summed E-state index contributed by atoms with van der Waals surface area (Å²) in [6, 6.07) is 0. The Morgan fingerprint density at radius 3 is 2.25 bits per heavy atom. The molecule has 5 nitrogen and oxygen atoms in total. The van der Waals surface area contributed by atoms with Gasteiger partial charge >= 0.3 is 7.60 Å². The van der Waals surface area contributed by atoms with Crippen LogP contribution in [0, 0.1) is 0 Å². The van der Waals surface area contributed by atoms with Crippen LogP contribution in [0.2, 0.25) is 0 Å². The maximum atomic E-state index is 9.99. The molecule has 0 spiro atoms. The van der Waals surface area contributed by atoms with Crippen molar-refractivity contribution in [1.29, 1.82) is 0 Å². The summed E-state index contributed by atoms with van der Waals surface area (Å²) in [6.45, 7) is 0.143. The van der Waals surface area contributed by atoms with Crippen molar-refractivity contribution in [1.82, 2.24) is 5.43 Å². The normalized spacial score (nSPS) is 11.9. The average molecular weight is 140 g/mol. The van der Waals surface area contributed by atoms with E-state index in [-0.39, 0.29) is 12.7 Å². The van der Waals surface area contributed by atoms with Crippen molar-refractivity contribution in [2.24, 2.45) is 5.84 Å². The zero-order chi connectivity index (χ0) is 6.62. The van der Waals surface area contributed by atoms with Crippen LogP contribution in [0.1, 0.15) is 0 Å². The Hall–Kier alpha value is 0.0700. The summed E-state index contributed by atoms with van der Waals surface area (Å²) < 4.78 is 9.99. The highest BCUT2D eigenvalue weighted by molar-refractivity contribution is 7.51. The summed E-state index contributed by atoms with van der Waals surface area (Å²) in [5.41, 5.74) is 2.13. The highest BCUT2D eigenvalue weighted by Crippen LogP contribution is 2.32. The second-order valence-electron chi connectivity index (χ2n) is 1.34. The van der Waals surface area contributed by atoms with Gasteiger partial charge in [-0.2, -0.15) is 0 Å².